The summed E-state index contributed by atoms with van der Waals surface area (Å²) in [4.78, 5) is 0. The monoisotopic (exact) mass is 586 g/mol. The minimum Gasteiger partial charge on any atom is -0.741 e. The highest BCUT2D eigenvalue weighted by atomic mass is 127. The number of hydrogen-bond donors (Lipinski definition) is 0. The summed E-state index contributed by atoms with van der Waals surface area (Å²) >= 11 is -0.829. The second-order valence-electron chi connectivity index (χ2n) is 4.80. The van der Waals surface area contributed by atoms with Crippen LogP contribution in [0.4, 0.5) is 26.3 Å². The van der Waals surface area contributed by atoms with E-state index in [1.165, 1.54) is 11.2 Å². The maximum Gasteiger partial charge on any atom is 0.534 e. The molecule has 16 heteroatoms. The average molecular weight is 586 g/mol. The van der Waals surface area contributed by atoms with Crippen LogP contribution in [0.2, 0.25) is 0 Å². The summed E-state index contributed by atoms with van der Waals surface area (Å²) in [6, 6.07) is 7.40. The quantitative estimate of drug-likeness (QED) is 0.112. The second kappa shape index (κ2) is 10.8. The van der Waals surface area contributed by atoms with Crippen LogP contribution in [0.5, 0.6) is 0 Å². The Balaban J connectivity index is 0.000000828. The van der Waals surface area contributed by atoms with Crippen LogP contribution in [-0.4, -0.2) is 46.1 Å². The third-order valence-electron chi connectivity index (χ3n) is 2.38. The zero-order valence-corrected chi connectivity index (χ0v) is 18.2. The standard InChI is InChI=1S/C12H13F3IO4S.CHF3O3S/c1-9-3-5-10(6-4-9)16-7-11(8-19-2)20-21(17,18)12(13,14)15;2-1(3,4)8(5,6)7/h3-7H,8H2,1-2H3;(H,5,6,7)/q+1;/p-1/b11-7+;. The van der Waals surface area contributed by atoms with Gasteiger partial charge in [0, 0.05) is 7.11 Å². The Morgan fingerprint density at radius 2 is 1.48 bits per heavy atom. The molecule has 0 fully saturated rings. The van der Waals surface area contributed by atoms with E-state index in [9.17, 15) is 34.8 Å². The van der Waals surface area contributed by atoms with Crippen LogP contribution < -0.4 is 21.2 Å². The molecule has 0 amide bonds. The summed E-state index contributed by atoms with van der Waals surface area (Å²) in [5.74, 6) is -0.358. The molecule has 0 saturated heterocycles. The third kappa shape index (κ3) is 10.5. The largest absolute Gasteiger partial charge is 0.741 e. The highest BCUT2D eigenvalue weighted by Gasteiger charge is 2.49. The molecule has 7 nitrogen and oxygen atoms in total. The Hall–Kier alpha value is -1.11. The molecule has 1 aromatic rings. The van der Waals surface area contributed by atoms with Crippen molar-refractivity contribution in [2.45, 2.75) is 17.9 Å². The predicted molar refractivity (Wildman–Crippen MR) is 81.6 cm³/mol. The lowest BCUT2D eigenvalue weighted by molar-refractivity contribution is -0.558. The smallest absolute Gasteiger partial charge is 0.534 e. The number of rotatable bonds is 6. The molecule has 0 aliphatic heterocycles. The van der Waals surface area contributed by atoms with Gasteiger partial charge in [-0.1, -0.05) is 17.7 Å². The molecule has 0 saturated carbocycles. The maximum absolute atomic E-state index is 12.3. The Morgan fingerprint density at radius 1 is 1.03 bits per heavy atom. The van der Waals surface area contributed by atoms with E-state index in [0.717, 1.165) is 9.13 Å². The first-order valence-corrected chi connectivity index (χ1v) is 12.0. The first kappa shape index (κ1) is 27.9. The van der Waals surface area contributed by atoms with Crippen LogP contribution in [0.15, 0.2) is 34.1 Å². The van der Waals surface area contributed by atoms with Crippen molar-refractivity contribution in [1.82, 2.24) is 0 Å². The minimum atomic E-state index is -6.09. The molecule has 0 aliphatic carbocycles. The van der Waals surface area contributed by atoms with E-state index in [2.05, 4.69) is 8.92 Å². The van der Waals surface area contributed by atoms with Gasteiger partial charge in [0.15, 0.2) is 19.4 Å². The van der Waals surface area contributed by atoms with Crippen molar-refractivity contribution in [2.75, 3.05) is 13.7 Å². The van der Waals surface area contributed by atoms with Crippen LogP contribution in [0.1, 0.15) is 5.56 Å². The molecule has 0 spiro atoms. The molecule has 0 bridgehead atoms. The predicted octanol–water partition coefficient (Wildman–Crippen LogP) is -0.341. The van der Waals surface area contributed by atoms with E-state index < -0.39 is 52.5 Å². The summed E-state index contributed by atoms with van der Waals surface area (Å²) < 4.78 is 129. The Bertz CT molecular complexity index is 891. The molecule has 0 aliphatic rings. The van der Waals surface area contributed by atoms with Gasteiger partial charge in [0.2, 0.25) is 4.08 Å². The molecule has 168 valence electrons. The summed E-state index contributed by atoms with van der Waals surface area (Å²) in [6.07, 6.45) is 0. The van der Waals surface area contributed by atoms with Gasteiger partial charge in [-0.05, 0) is 19.1 Å². The van der Waals surface area contributed by atoms with Crippen LogP contribution in [0, 0.1) is 10.5 Å². The molecular formula is C13H13F6IO7S2. The van der Waals surface area contributed by atoms with Gasteiger partial charge in [0.05, 0.1) is 0 Å². The van der Waals surface area contributed by atoms with Crippen LogP contribution >= 0.6 is 0 Å². The normalized spacial score (nSPS) is 13.5. The van der Waals surface area contributed by atoms with Gasteiger partial charge < -0.3 is 13.5 Å². The molecule has 1 aromatic carbocycles. The molecule has 0 radical (unpaired) electrons. The first-order valence-electron chi connectivity index (χ1n) is 6.81. The lowest BCUT2D eigenvalue weighted by atomic mass is 10.2. The van der Waals surface area contributed by atoms with E-state index >= 15 is 0 Å². The lowest BCUT2D eigenvalue weighted by Crippen LogP contribution is -3.59. The lowest BCUT2D eigenvalue weighted by Gasteiger charge is -2.09. The number of methoxy groups -OCH3 is 1. The Kier molecular flexibility index (Phi) is 10.4. The third-order valence-corrected chi connectivity index (χ3v) is 6.40. The fraction of sp³-hybridized carbons (Fsp3) is 0.385. The Morgan fingerprint density at radius 3 is 1.83 bits per heavy atom. The van der Waals surface area contributed by atoms with Crippen molar-refractivity contribution >= 4 is 20.2 Å². The minimum absolute atomic E-state index is 0.346. The SMILES string of the molecule is COC/C(=C\[I+]c1ccc(C)cc1)OS(=O)(=O)C(F)(F)F.O=S(=O)([O-])C(F)(F)F. The van der Waals surface area contributed by atoms with E-state index in [0.29, 0.717) is 0 Å². The van der Waals surface area contributed by atoms with Gasteiger partial charge >= 0.3 is 42.3 Å². The number of alkyl halides is 6. The molecule has 0 heterocycles. The summed E-state index contributed by atoms with van der Waals surface area (Å²) in [5.41, 5.74) is -10.0. The van der Waals surface area contributed by atoms with E-state index in [1.807, 2.05) is 31.2 Å². The second-order valence-corrected chi connectivity index (χ2v) is 10.2. The average Bonchev–Trinajstić information content (AvgIpc) is 2.51. The van der Waals surface area contributed by atoms with Crippen molar-refractivity contribution in [3.8, 4) is 0 Å². The van der Waals surface area contributed by atoms with Crippen molar-refractivity contribution in [3.05, 3.63) is 43.2 Å². The fourth-order valence-electron chi connectivity index (χ4n) is 1.13. The molecule has 29 heavy (non-hydrogen) atoms. The summed E-state index contributed by atoms with van der Waals surface area (Å²) in [7, 11) is -10.5. The fourth-order valence-corrected chi connectivity index (χ4v) is 3.57. The number of hydrogen-bond acceptors (Lipinski definition) is 7. The highest BCUT2D eigenvalue weighted by molar-refractivity contribution is 7.87. The highest BCUT2D eigenvalue weighted by Crippen LogP contribution is 2.26. The van der Waals surface area contributed by atoms with Crippen LogP contribution in [-0.2, 0) is 29.2 Å². The van der Waals surface area contributed by atoms with Gasteiger partial charge in [-0.3, -0.25) is 0 Å². The number of ether oxygens (including phenoxy) is 1. The van der Waals surface area contributed by atoms with Crippen molar-refractivity contribution in [2.24, 2.45) is 0 Å². The van der Waals surface area contributed by atoms with Gasteiger partial charge in [0.25, 0.3) is 0 Å². The molecule has 0 N–H and O–H groups in total. The number of halogens is 7. The topological polar surface area (TPSA) is 110 Å². The summed E-state index contributed by atoms with van der Waals surface area (Å²) in [5, 5.41) is 0. The maximum atomic E-state index is 12.3. The van der Waals surface area contributed by atoms with Crippen LogP contribution in [0.25, 0.3) is 0 Å². The zero-order valence-electron chi connectivity index (χ0n) is 14.4. The van der Waals surface area contributed by atoms with Gasteiger partial charge in [-0.15, -0.1) is 0 Å². The van der Waals surface area contributed by atoms with Crippen molar-refractivity contribution < 1.29 is 77.9 Å². The van der Waals surface area contributed by atoms with Crippen molar-refractivity contribution in [1.29, 1.82) is 0 Å². The summed E-state index contributed by atoms with van der Waals surface area (Å²) in [6.45, 7) is 1.56. The Labute approximate surface area is 172 Å². The van der Waals surface area contributed by atoms with E-state index in [1.54, 1.807) is 0 Å². The van der Waals surface area contributed by atoms with E-state index in [-0.39, 0.29) is 12.4 Å². The molecular weight excluding hydrogens is 573 g/mol. The molecule has 1 rings (SSSR count). The number of aryl methyl sites for hydroxylation is 1. The van der Waals surface area contributed by atoms with Gasteiger partial charge in [-0.25, -0.2) is 8.42 Å². The molecule has 0 aromatic heterocycles. The van der Waals surface area contributed by atoms with Crippen LogP contribution in [0.3, 0.4) is 0 Å². The molecule has 0 unspecified atom stereocenters. The first-order chi connectivity index (χ1) is 12.9. The van der Waals surface area contributed by atoms with E-state index in [4.69, 9.17) is 13.0 Å². The number of benzene rings is 1. The van der Waals surface area contributed by atoms with Crippen molar-refractivity contribution in [3.63, 3.8) is 0 Å². The van der Waals surface area contributed by atoms with Gasteiger partial charge in [0.1, 0.15) is 6.61 Å². The van der Waals surface area contributed by atoms with Gasteiger partial charge in [-0.2, -0.15) is 34.8 Å². The molecule has 0 atom stereocenters. The zero-order chi connectivity index (χ0) is 23.1.